The molecule has 4 nitrogen and oxygen atoms in total. The molecule has 0 spiro atoms. The molecule has 1 N–H and O–H groups in total. The number of carbonyl (C=O) groups is 2. The minimum Gasteiger partial charge on any atom is -0.466 e. The maximum Gasteiger partial charge on any atom is 0.306 e. The van der Waals surface area contributed by atoms with Crippen LogP contribution in [0, 0.1) is 5.41 Å². The second-order valence-electron chi connectivity index (χ2n) is 5.66. The fourth-order valence-electron chi connectivity index (χ4n) is 2.48. The molecule has 1 amide bonds. The zero-order valence-corrected chi connectivity index (χ0v) is 11.8. The van der Waals surface area contributed by atoms with E-state index in [0.717, 1.165) is 12.8 Å². The Bertz CT molecular complexity index is 299. The lowest BCUT2D eigenvalue weighted by atomic mass is 9.73. The third-order valence-electron chi connectivity index (χ3n) is 3.70. The molecule has 0 aliphatic heterocycles. The Kier molecular flexibility index (Phi) is 5.63. The van der Waals surface area contributed by atoms with Crippen LogP contribution in [-0.4, -0.2) is 24.5 Å². The molecule has 104 valence electrons. The van der Waals surface area contributed by atoms with E-state index in [1.54, 1.807) is 6.92 Å². The minimum atomic E-state index is -0.296. The third-order valence-corrected chi connectivity index (χ3v) is 3.70. The average Bonchev–Trinajstić information content (AvgIpc) is 2.30. The minimum absolute atomic E-state index is 0.0389. The molecular weight excluding hydrogens is 230 g/mol. The first-order valence-electron chi connectivity index (χ1n) is 6.90. The molecule has 0 radical (unpaired) electrons. The Morgan fingerprint density at radius 2 is 2.00 bits per heavy atom. The highest BCUT2D eigenvalue weighted by atomic mass is 16.5. The van der Waals surface area contributed by atoms with Crippen molar-refractivity contribution in [2.45, 2.75) is 65.3 Å². The van der Waals surface area contributed by atoms with Crippen LogP contribution in [0.25, 0.3) is 0 Å². The summed E-state index contributed by atoms with van der Waals surface area (Å²) in [6.45, 7) is 6.53. The highest BCUT2D eigenvalue weighted by Gasteiger charge is 2.32. The zero-order valence-electron chi connectivity index (χ0n) is 11.8. The van der Waals surface area contributed by atoms with Gasteiger partial charge in [0.25, 0.3) is 0 Å². The van der Waals surface area contributed by atoms with Gasteiger partial charge in [-0.25, -0.2) is 0 Å². The lowest BCUT2D eigenvalue weighted by molar-refractivity contribution is -0.144. The number of hydrogen-bond acceptors (Lipinski definition) is 3. The van der Waals surface area contributed by atoms with E-state index in [-0.39, 0.29) is 36.2 Å². The summed E-state index contributed by atoms with van der Waals surface area (Å²) in [5.74, 6) is -0.335. The second-order valence-corrected chi connectivity index (χ2v) is 5.66. The summed E-state index contributed by atoms with van der Waals surface area (Å²) in [5.41, 5.74) is 0.165. The summed E-state index contributed by atoms with van der Waals surface area (Å²) in [6, 6.07) is 0.237. The van der Waals surface area contributed by atoms with Gasteiger partial charge in [0.15, 0.2) is 0 Å². The van der Waals surface area contributed by atoms with E-state index in [1.165, 1.54) is 12.8 Å². The monoisotopic (exact) mass is 255 g/mol. The van der Waals surface area contributed by atoms with Crippen molar-refractivity contribution in [3.05, 3.63) is 0 Å². The van der Waals surface area contributed by atoms with E-state index >= 15 is 0 Å². The van der Waals surface area contributed by atoms with Crippen molar-refractivity contribution < 1.29 is 14.3 Å². The molecule has 1 aliphatic rings. The van der Waals surface area contributed by atoms with Crippen LogP contribution in [0.5, 0.6) is 0 Å². The zero-order chi connectivity index (χ0) is 13.6. The van der Waals surface area contributed by atoms with Gasteiger partial charge in [-0.15, -0.1) is 0 Å². The Labute approximate surface area is 109 Å². The highest BCUT2D eigenvalue weighted by molar-refractivity contribution is 5.81. The Morgan fingerprint density at radius 3 is 2.61 bits per heavy atom. The summed E-state index contributed by atoms with van der Waals surface area (Å²) in [5, 5.41) is 3.06. The predicted octanol–water partition coefficient (Wildman–Crippen LogP) is 2.41. The standard InChI is InChI=1S/C14H25NO3/c1-4-18-13(17)9-8-12(16)15-11-7-5-6-10-14(11,2)3/h11H,4-10H2,1-3H3,(H,15,16). The van der Waals surface area contributed by atoms with Crippen LogP contribution in [0.3, 0.4) is 0 Å². The van der Waals surface area contributed by atoms with Crippen molar-refractivity contribution in [1.82, 2.24) is 5.32 Å². The number of nitrogens with one attached hydrogen (secondary N) is 1. The SMILES string of the molecule is CCOC(=O)CCC(=O)NC1CCCCC1(C)C. The highest BCUT2D eigenvalue weighted by Crippen LogP contribution is 2.35. The molecular formula is C14H25NO3. The maximum absolute atomic E-state index is 11.8. The van der Waals surface area contributed by atoms with E-state index in [4.69, 9.17) is 4.74 Å². The van der Waals surface area contributed by atoms with Crippen LogP contribution in [0.1, 0.15) is 59.3 Å². The van der Waals surface area contributed by atoms with Crippen molar-refractivity contribution in [3.8, 4) is 0 Å². The summed E-state index contributed by atoms with van der Waals surface area (Å²) >= 11 is 0. The number of hydrogen-bond donors (Lipinski definition) is 1. The van der Waals surface area contributed by atoms with Crippen LogP contribution in [-0.2, 0) is 14.3 Å². The van der Waals surface area contributed by atoms with Crippen molar-refractivity contribution in [2.75, 3.05) is 6.61 Å². The van der Waals surface area contributed by atoms with Gasteiger partial charge in [0.2, 0.25) is 5.91 Å². The molecule has 18 heavy (non-hydrogen) atoms. The molecule has 0 aromatic rings. The van der Waals surface area contributed by atoms with Crippen molar-refractivity contribution in [3.63, 3.8) is 0 Å². The largest absolute Gasteiger partial charge is 0.466 e. The first kappa shape index (κ1) is 15.0. The molecule has 1 atom stereocenters. The van der Waals surface area contributed by atoms with Gasteiger partial charge in [-0.1, -0.05) is 26.7 Å². The first-order chi connectivity index (χ1) is 8.45. The van der Waals surface area contributed by atoms with Crippen molar-refractivity contribution >= 4 is 11.9 Å². The summed E-state index contributed by atoms with van der Waals surface area (Å²) in [7, 11) is 0. The number of ether oxygens (including phenoxy) is 1. The molecule has 0 aromatic heterocycles. The van der Waals surface area contributed by atoms with Gasteiger partial charge < -0.3 is 10.1 Å². The van der Waals surface area contributed by atoms with E-state index in [2.05, 4.69) is 19.2 Å². The summed E-state index contributed by atoms with van der Waals surface area (Å²) in [6.07, 6.45) is 5.00. The molecule has 1 rings (SSSR count). The van der Waals surface area contributed by atoms with Crippen LogP contribution in [0.4, 0.5) is 0 Å². The fourth-order valence-corrected chi connectivity index (χ4v) is 2.48. The fraction of sp³-hybridized carbons (Fsp3) is 0.857. The van der Waals surface area contributed by atoms with Gasteiger partial charge in [-0.2, -0.15) is 0 Å². The average molecular weight is 255 g/mol. The number of rotatable bonds is 5. The Balaban J connectivity index is 2.33. The predicted molar refractivity (Wildman–Crippen MR) is 70.0 cm³/mol. The number of esters is 1. The van der Waals surface area contributed by atoms with Crippen LogP contribution in [0.2, 0.25) is 0 Å². The lowest BCUT2D eigenvalue weighted by Crippen LogP contribution is -2.46. The quantitative estimate of drug-likeness (QED) is 0.768. The molecule has 0 heterocycles. The van der Waals surface area contributed by atoms with Gasteiger partial charge in [0.05, 0.1) is 13.0 Å². The van der Waals surface area contributed by atoms with E-state index in [9.17, 15) is 9.59 Å². The van der Waals surface area contributed by atoms with Crippen molar-refractivity contribution in [2.24, 2.45) is 5.41 Å². The Hall–Kier alpha value is -1.06. The number of carbonyl (C=O) groups excluding carboxylic acids is 2. The van der Waals surface area contributed by atoms with Crippen LogP contribution >= 0.6 is 0 Å². The summed E-state index contributed by atoms with van der Waals surface area (Å²) in [4.78, 5) is 23.0. The van der Waals surface area contributed by atoms with E-state index < -0.39 is 0 Å². The molecule has 0 bridgehead atoms. The summed E-state index contributed by atoms with van der Waals surface area (Å²) < 4.78 is 4.80. The number of amides is 1. The topological polar surface area (TPSA) is 55.4 Å². The molecule has 1 unspecified atom stereocenters. The Morgan fingerprint density at radius 1 is 1.28 bits per heavy atom. The van der Waals surface area contributed by atoms with Gasteiger partial charge in [0.1, 0.15) is 0 Å². The second kappa shape index (κ2) is 6.76. The van der Waals surface area contributed by atoms with Crippen LogP contribution in [0.15, 0.2) is 0 Å². The molecule has 1 aliphatic carbocycles. The molecule has 1 saturated carbocycles. The molecule has 0 aromatic carbocycles. The maximum atomic E-state index is 11.8. The normalized spacial score (nSPS) is 22.3. The molecule has 1 fully saturated rings. The smallest absolute Gasteiger partial charge is 0.306 e. The lowest BCUT2D eigenvalue weighted by Gasteiger charge is -2.39. The van der Waals surface area contributed by atoms with Crippen molar-refractivity contribution in [1.29, 1.82) is 0 Å². The van der Waals surface area contributed by atoms with Gasteiger partial charge >= 0.3 is 5.97 Å². The third kappa shape index (κ3) is 4.67. The van der Waals surface area contributed by atoms with Gasteiger partial charge in [-0.3, -0.25) is 9.59 Å². The van der Waals surface area contributed by atoms with E-state index in [1.807, 2.05) is 0 Å². The van der Waals surface area contributed by atoms with Gasteiger partial charge in [0, 0.05) is 12.5 Å². The molecule has 0 saturated heterocycles. The first-order valence-corrected chi connectivity index (χ1v) is 6.90. The van der Waals surface area contributed by atoms with Crippen LogP contribution < -0.4 is 5.32 Å². The van der Waals surface area contributed by atoms with Gasteiger partial charge in [-0.05, 0) is 25.2 Å². The van der Waals surface area contributed by atoms with E-state index in [0.29, 0.717) is 6.61 Å². The molecule has 4 heteroatoms.